The summed E-state index contributed by atoms with van der Waals surface area (Å²) in [6, 6.07) is 1.87. The second kappa shape index (κ2) is 6.71. The van der Waals surface area contributed by atoms with Crippen LogP contribution in [0.25, 0.3) is 11.3 Å². The van der Waals surface area contributed by atoms with E-state index in [0.717, 1.165) is 53.2 Å². The van der Waals surface area contributed by atoms with E-state index in [-0.39, 0.29) is 0 Å². The van der Waals surface area contributed by atoms with Gasteiger partial charge < -0.3 is 14.8 Å². The van der Waals surface area contributed by atoms with Gasteiger partial charge in [-0.2, -0.15) is 5.10 Å². The molecule has 0 aromatic carbocycles. The number of rotatable bonds is 4. The molecule has 0 saturated carbocycles. The molecule has 4 aromatic heterocycles. The van der Waals surface area contributed by atoms with Gasteiger partial charge in [-0.15, -0.1) is 11.3 Å². The largest absolute Gasteiger partial charge is 0.349 e. The molecule has 1 aliphatic rings. The van der Waals surface area contributed by atoms with Crippen LogP contribution < -0.4 is 10.2 Å². The summed E-state index contributed by atoms with van der Waals surface area (Å²) in [5, 5.41) is 11.4. The Kier molecular flexibility index (Phi) is 4.05. The molecule has 0 atom stereocenters. The summed E-state index contributed by atoms with van der Waals surface area (Å²) in [5.74, 6) is 2.55. The van der Waals surface area contributed by atoms with Crippen molar-refractivity contribution in [2.24, 2.45) is 7.05 Å². The lowest BCUT2D eigenvalue weighted by atomic mass is 10.2. The van der Waals surface area contributed by atoms with Crippen LogP contribution in [-0.2, 0) is 20.0 Å². The average molecular weight is 393 g/mol. The molecule has 0 spiro atoms. The minimum Gasteiger partial charge on any atom is -0.349 e. The zero-order valence-corrected chi connectivity index (χ0v) is 16.4. The number of aryl methyl sites for hydroxylation is 2. The molecule has 1 aliphatic heterocycles. The number of H-pyrrole nitrogens is 1. The Balaban J connectivity index is 1.45. The minimum absolute atomic E-state index is 0.563. The number of aromatic amines is 1. The Hall–Kier alpha value is -3.27. The maximum absolute atomic E-state index is 4.82. The minimum atomic E-state index is 0.563. The number of thiazole rings is 1. The third-order valence-corrected chi connectivity index (χ3v) is 5.79. The highest BCUT2D eigenvalue weighted by molar-refractivity contribution is 7.16. The van der Waals surface area contributed by atoms with Crippen molar-refractivity contribution in [3.63, 3.8) is 0 Å². The van der Waals surface area contributed by atoms with Crippen LogP contribution in [0.5, 0.6) is 0 Å². The average Bonchev–Trinajstić information content (AvgIpc) is 3.37. The normalized spacial score (nSPS) is 13.1. The Morgan fingerprint density at radius 3 is 3.00 bits per heavy atom. The van der Waals surface area contributed by atoms with Crippen molar-refractivity contribution in [2.75, 3.05) is 16.8 Å². The fourth-order valence-electron chi connectivity index (χ4n) is 3.31. The van der Waals surface area contributed by atoms with Crippen molar-refractivity contribution >= 4 is 28.2 Å². The first-order chi connectivity index (χ1) is 13.7. The van der Waals surface area contributed by atoms with Crippen molar-refractivity contribution < 1.29 is 0 Å². The van der Waals surface area contributed by atoms with E-state index in [1.165, 1.54) is 4.88 Å². The number of nitrogens with zero attached hydrogens (tertiary/aromatic N) is 7. The molecule has 0 aliphatic carbocycles. The summed E-state index contributed by atoms with van der Waals surface area (Å²) in [6.07, 6.45) is 8.27. The predicted molar refractivity (Wildman–Crippen MR) is 108 cm³/mol. The topological polar surface area (TPSA) is 100 Å². The second-order valence-corrected chi connectivity index (χ2v) is 7.78. The lowest BCUT2D eigenvalue weighted by molar-refractivity contribution is 0.706. The van der Waals surface area contributed by atoms with E-state index in [1.807, 2.05) is 43.2 Å². The van der Waals surface area contributed by atoms with Gasteiger partial charge in [-0.05, 0) is 13.0 Å². The summed E-state index contributed by atoms with van der Waals surface area (Å²) in [4.78, 5) is 21.4. The van der Waals surface area contributed by atoms with Crippen LogP contribution in [0.3, 0.4) is 0 Å². The molecule has 2 N–H and O–H groups in total. The van der Waals surface area contributed by atoms with Gasteiger partial charge in [0.25, 0.3) is 0 Å². The lowest BCUT2D eigenvalue weighted by Crippen LogP contribution is -2.26. The lowest BCUT2D eigenvalue weighted by Gasteiger charge is -2.21. The van der Waals surface area contributed by atoms with Gasteiger partial charge in [0.2, 0.25) is 5.95 Å². The van der Waals surface area contributed by atoms with Crippen LogP contribution in [-0.4, -0.2) is 41.2 Å². The van der Waals surface area contributed by atoms with Crippen LogP contribution in [0.2, 0.25) is 0 Å². The van der Waals surface area contributed by atoms with Crippen LogP contribution in [0.15, 0.2) is 30.9 Å². The summed E-state index contributed by atoms with van der Waals surface area (Å²) >= 11 is 1.64. The molecule has 0 unspecified atom stereocenters. The van der Waals surface area contributed by atoms with Gasteiger partial charge in [0.05, 0.1) is 24.0 Å². The molecule has 0 fully saturated rings. The molecule has 142 valence electrons. The maximum Gasteiger partial charge on any atom is 0.229 e. The van der Waals surface area contributed by atoms with Gasteiger partial charge >= 0.3 is 0 Å². The quantitative estimate of drug-likeness (QED) is 0.550. The molecular weight excluding hydrogens is 374 g/mol. The Morgan fingerprint density at radius 2 is 2.18 bits per heavy atom. The molecule has 0 bridgehead atoms. The number of hydrogen-bond donors (Lipinski definition) is 2. The summed E-state index contributed by atoms with van der Waals surface area (Å²) in [7, 11) is 2.01. The molecule has 28 heavy (non-hydrogen) atoms. The number of nitrogens with one attached hydrogen (secondary N) is 2. The second-order valence-electron chi connectivity index (χ2n) is 6.70. The van der Waals surface area contributed by atoms with Crippen LogP contribution in [0, 0.1) is 6.92 Å². The van der Waals surface area contributed by atoms with Crippen molar-refractivity contribution in [1.29, 1.82) is 0 Å². The third kappa shape index (κ3) is 3.01. The molecule has 0 saturated heterocycles. The molecular formula is C18H19N9S. The standard InChI is InChI=1S/C18H19N9S/c1-11-3-5-20-17(22-11)24-18-23-15-12-9-21-25-16(12)27(7-4-13(15)28-18)10-14-19-6-8-26(14)2/h3,5-6,8-9H,4,7,10H2,1-2H3,(H,21,25)(H,20,22,23,24). The number of anilines is 3. The first-order valence-electron chi connectivity index (χ1n) is 8.98. The van der Waals surface area contributed by atoms with Crippen LogP contribution in [0.4, 0.5) is 16.9 Å². The molecule has 9 nitrogen and oxygen atoms in total. The highest BCUT2D eigenvalue weighted by Crippen LogP contribution is 2.39. The molecule has 10 heteroatoms. The molecule has 0 radical (unpaired) electrons. The Labute approximate surface area is 165 Å². The van der Waals surface area contributed by atoms with E-state index in [4.69, 9.17) is 4.98 Å². The van der Waals surface area contributed by atoms with Gasteiger partial charge in [0.1, 0.15) is 11.6 Å². The number of hydrogen-bond acceptors (Lipinski definition) is 8. The maximum atomic E-state index is 4.82. The Bertz CT molecular complexity index is 1130. The van der Waals surface area contributed by atoms with Gasteiger partial charge in [0, 0.05) is 49.2 Å². The van der Waals surface area contributed by atoms with Crippen LogP contribution in [0.1, 0.15) is 16.4 Å². The molecule has 5 rings (SSSR count). The number of fused-ring (bicyclic) bond motifs is 3. The first kappa shape index (κ1) is 16.9. The summed E-state index contributed by atoms with van der Waals surface area (Å²) < 4.78 is 2.04. The van der Waals surface area contributed by atoms with E-state index in [1.54, 1.807) is 17.5 Å². The number of aromatic nitrogens is 7. The highest BCUT2D eigenvalue weighted by Gasteiger charge is 2.26. The van der Waals surface area contributed by atoms with Crippen molar-refractivity contribution in [3.8, 4) is 11.3 Å². The van der Waals surface area contributed by atoms with Gasteiger partial charge in [-0.1, -0.05) is 0 Å². The molecule has 5 heterocycles. The van der Waals surface area contributed by atoms with Crippen molar-refractivity contribution in [1.82, 2.24) is 34.7 Å². The highest BCUT2D eigenvalue weighted by atomic mass is 32.1. The zero-order chi connectivity index (χ0) is 19.1. The fourth-order valence-corrected chi connectivity index (χ4v) is 4.27. The summed E-state index contributed by atoms with van der Waals surface area (Å²) in [5.41, 5.74) is 2.89. The Morgan fingerprint density at radius 1 is 1.25 bits per heavy atom. The van der Waals surface area contributed by atoms with Gasteiger partial charge in [0.15, 0.2) is 5.13 Å². The van der Waals surface area contributed by atoms with E-state index < -0.39 is 0 Å². The smallest absolute Gasteiger partial charge is 0.229 e. The molecule has 4 aromatic rings. The van der Waals surface area contributed by atoms with Gasteiger partial charge in [-0.3, -0.25) is 5.10 Å². The van der Waals surface area contributed by atoms with Crippen molar-refractivity contribution in [3.05, 3.63) is 47.2 Å². The SMILES string of the molecule is Cc1ccnc(Nc2nc3c(s2)CCN(Cc2nccn2C)c2[nH]ncc2-3)n1. The third-order valence-electron chi connectivity index (χ3n) is 4.76. The van der Waals surface area contributed by atoms with E-state index >= 15 is 0 Å². The predicted octanol–water partition coefficient (Wildman–Crippen LogP) is 2.67. The molecule has 0 amide bonds. The van der Waals surface area contributed by atoms with E-state index in [2.05, 4.69) is 35.4 Å². The monoisotopic (exact) mass is 393 g/mol. The van der Waals surface area contributed by atoms with Crippen LogP contribution >= 0.6 is 11.3 Å². The zero-order valence-electron chi connectivity index (χ0n) is 15.5. The summed E-state index contributed by atoms with van der Waals surface area (Å²) in [6.45, 7) is 3.52. The van der Waals surface area contributed by atoms with Crippen molar-refractivity contribution in [2.45, 2.75) is 19.9 Å². The number of imidazole rings is 1. The fraction of sp³-hybridized carbons (Fsp3) is 0.278. The van der Waals surface area contributed by atoms with E-state index in [9.17, 15) is 0 Å². The van der Waals surface area contributed by atoms with Gasteiger partial charge in [-0.25, -0.2) is 19.9 Å². The van der Waals surface area contributed by atoms with E-state index in [0.29, 0.717) is 5.95 Å². The first-order valence-corrected chi connectivity index (χ1v) is 9.80.